The Kier molecular flexibility index (Phi) is 3.43. The molecule has 0 fully saturated rings. The molecule has 1 heterocycles. The van der Waals surface area contributed by atoms with E-state index >= 15 is 0 Å². The average molecular weight is 243 g/mol. The molecular weight excluding hydrogens is 230 g/mol. The first-order valence-corrected chi connectivity index (χ1v) is 5.47. The van der Waals surface area contributed by atoms with Crippen molar-refractivity contribution < 1.29 is 9.59 Å². The highest BCUT2D eigenvalue weighted by Crippen LogP contribution is 2.14. The van der Waals surface area contributed by atoms with Gasteiger partial charge in [0, 0.05) is 24.5 Å². The molecule has 0 aliphatic heterocycles. The largest absolute Gasteiger partial charge is 0.357 e. The number of aromatic amines is 1. The van der Waals surface area contributed by atoms with Crippen LogP contribution in [0.4, 0.5) is 11.4 Å². The topological polar surface area (TPSA) is 74.0 Å². The minimum atomic E-state index is -0.202. The lowest BCUT2D eigenvalue weighted by molar-refractivity contribution is -0.114. The van der Waals surface area contributed by atoms with Crippen molar-refractivity contribution in [3.05, 3.63) is 48.3 Å². The van der Waals surface area contributed by atoms with Crippen LogP contribution in [0.3, 0.4) is 0 Å². The van der Waals surface area contributed by atoms with Crippen molar-refractivity contribution in [1.82, 2.24) is 4.98 Å². The Labute approximate surface area is 104 Å². The zero-order valence-electron chi connectivity index (χ0n) is 9.86. The Balaban J connectivity index is 2.02. The molecular formula is C13H13N3O2. The van der Waals surface area contributed by atoms with Gasteiger partial charge in [-0.3, -0.25) is 9.59 Å². The van der Waals surface area contributed by atoms with E-state index in [2.05, 4.69) is 15.6 Å². The molecule has 0 spiro atoms. The second kappa shape index (κ2) is 5.18. The lowest BCUT2D eigenvalue weighted by Crippen LogP contribution is -2.12. The number of carbonyl (C=O) groups excluding carboxylic acids is 2. The van der Waals surface area contributed by atoms with E-state index in [0.29, 0.717) is 17.1 Å². The van der Waals surface area contributed by atoms with Crippen molar-refractivity contribution in [2.24, 2.45) is 0 Å². The Morgan fingerprint density at radius 1 is 1.00 bits per heavy atom. The van der Waals surface area contributed by atoms with Crippen molar-refractivity contribution in [3.63, 3.8) is 0 Å². The van der Waals surface area contributed by atoms with Crippen molar-refractivity contribution >= 4 is 23.2 Å². The molecule has 1 aromatic heterocycles. The van der Waals surface area contributed by atoms with E-state index in [9.17, 15) is 9.59 Å². The lowest BCUT2D eigenvalue weighted by atomic mass is 10.2. The maximum Gasteiger partial charge on any atom is 0.272 e. The van der Waals surface area contributed by atoms with Crippen LogP contribution in [0.15, 0.2) is 42.6 Å². The summed E-state index contributed by atoms with van der Waals surface area (Å²) in [7, 11) is 0. The van der Waals surface area contributed by atoms with Crippen LogP contribution in [-0.4, -0.2) is 16.8 Å². The zero-order valence-corrected chi connectivity index (χ0v) is 9.86. The Morgan fingerprint density at radius 2 is 1.61 bits per heavy atom. The summed E-state index contributed by atoms with van der Waals surface area (Å²) in [4.78, 5) is 25.4. The predicted octanol–water partition coefficient (Wildman–Crippen LogP) is 2.23. The number of anilines is 2. The summed E-state index contributed by atoms with van der Waals surface area (Å²) < 4.78 is 0. The molecule has 2 aromatic rings. The number of benzene rings is 1. The van der Waals surface area contributed by atoms with E-state index in [1.807, 2.05) is 0 Å². The monoisotopic (exact) mass is 243 g/mol. The molecule has 0 saturated heterocycles. The van der Waals surface area contributed by atoms with E-state index in [-0.39, 0.29) is 11.8 Å². The van der Waals surface area contributed by atoms with Crippen LogP contribution in [0.2, 0.25) is 0 Å². The summed E-state index contributed by atoms with van der Waals surface area (Å²) in [5, 5.41) is 5.40. The van der Waals surface area contributed by atoms with Crippen molar-refractivity contribution in [2.45, 2.75) is 6.92 Å². The molecule has 18 heavy (non-hydrogen) atoms. The van der Waals surface area contributed by atoms with Gasteiger partial charge in [0.2, 0.25) is 5.91 Å². The smallest absolute Gasteiger partial charge is 0.272 e. The van der Waals surface area contributed by atoms with Crippen LogP contribution in [0.1, 0.15) is 17.4 Å². The Hall–Kier alpha value is -2.56. The summed E-state index contributed by atoms with van der Waals surface area (Å²) >= 11 is 0. The SMILES string of the molecule is CC(=O)Nc1ccc(NC(=O)c2ccc[nH]2)cc1. The second-order valence-corrected chi connectivity index (χ2v) is 3.80. The highest BCUT2D eigenvalue weighted by Gasteiger charge is 2.05. The zero-order chi connectivity index (χ0) is 13.0. The first kappa shape index (κ1) is 11.9. The summed E-state index contributed by atoms with van der Waals surface area (Å²) in [5.74, 6) is -0.328. The molecule has 0 saturated carbocycles. The maximum absolute atomic E-state index is 11.7. The van der Waals surface area contributed by atoms with Crippen LogP contribution >= 0.6 is 0 Å². The third-order valence-corrected chi connectivity index (χ3v) is 2.31. The summed E-state index contributed by atoms with van der Waals surface area (Å²) in [6, 6.07) is 10.4. The minimum Gasteiger partial charge on any atom is -0.357 e. The normalized spacial score (nSPS) is 9.83. The van der Waals surface area contributed by atoms with Crippen LogP contribution in [-0.2, 0) is 4.79 Å². The molecule has 2 amide bonds. The number of aromatic nitrogens is 1. The molecule has 5 heteroatoms. The number of hydrogen-bond acceptors (Lipinski definition) is 2. The molecule has 5 nitrogen and oxygen atoms in total. The molecule has 1 aromatic carbocycles. The van der Waals surface area contributed by atoms with Crippen molar-refractivity contribution in [1.29, 1.82) is 0 Å². The number of H-pyrrole nitrogens is 1. The molecule has 92 valence electrons. The third-order valence-electron chi connectivity index (χ3n) is 2.31. The lowest BCUT2D eigenvalue weighted by Gasteiger charge is -2.06. The molecule has 0 bridgehead atoms. The second-order valence-electron chi connectivity index (χ2n) is 3.80. The van der Waals surface area contributed by atoms with Gasteiger partial charge >= 0.3 is 0 Å². The van der Waals surface area contributed by atoms with Crippen molar-refractivity contribution in [3.8, 4) is 0 Å². The van der Waals surface area contributed by atoms with Crippen molar-refractivity contribution in [2.75, 3.05) is 10.6 Å². The number of nitrogens with one attached hydrogen (secondary N) is 3. The number of amides is 2. The first-order valence-electron chi connectivity index (χ1n) is 5.47. The molecule has 0 aliphatic carbocycles. The summed E-state index contributed by atoms with van der Waals surface area (Å²) in [5.41, 5.74) is 1.87. The van der Waals surface area contributed by atoms with Gasteiger partial charge in [-0.15, -0.1) is 0 Å². The fourth-order valence-corrected chi connectivity index (χ4v) is 1.51. The van der Waals surface area contributed by atoms with Crippen LogP contribution in [0.5, 0.6) is 0 Å². The summed E-state index contributed by atoms with van der Waals surface area (Å²) in [6.07, 6.45) is 1.69. The minimum absolute atomic E-state index is 0.127. The molecule has 0 atom stereocenters. The van der Waals surface area contributed by atoms with Gasteiger partial charge in [0.25, 0.3) is 5.91 Å². The molecule has 3 N–H and O–H groups in total. The number of rotatable bonds is 3. The highest BCUT2D eigenvalue weighted by molar-refractivity contribution is 6.03. The third kappa shape index (κ3) is 2.98. The van der Waals surface area contributed by atoms with Crippen LogP contribution in [0, 0.1) is 0 Å². The fraction of sp³-hybridized carbons (Fsp3) is 0.0769. The highest BCUT2D eigenvalue weighted by atomic mass is 16.2. The first-order chi connectivity index (χ1) is 8.65. The standard InChI is InChI=1S/C13H13N3O2/c1-9(17)15-10-4-6-11(7-5-10)16-13(18)12-3-2-8-14-12/h2-8,14H,1H3,(H,15,17)(H,16,18). The van der Waals surface area contributed by atoms with Gasteiger partial charge in [-0.1, -0.05) is 0 Å². The van der Waals surface area contributed by atoms with Crippen LogP contribution in [0.25, 0.3) is 0 Å². The molecule has 0 aliphatic rings. The summed E-state index contributed by atoms with van der Waals surface area (Å²) in [6.45, 7) is 1.45. The van der Waals surface area contributed by atoms with Gasteiger partial charge in [-0.2, -0.15) is 0 Å². The molecule has 0 unspecified atom stereocenters. The average Bonchev–Trinajstić information content (AvgIpc) is 2.84. The van der Waals surface area contributed by atoms with Gasteiger partial charge in [0.1, 0.15) is 5.69 Å². The number of hydrogen-bond donors (Lipinski definition) is 3. The van der Waals surface area contributed by atoms with E-state index in [4.69, 9.17) is 0 Å². The van der Waals surface area contributed by atoms with E-state index < -0.39 is 0 Å². The van der Waals surface area contributed by atoms with E-state index in [0.717, 1.165) is 0 Å². The van der Waals surface area contributed by atoms with Gasteiger partial charge in [-0.05, 0) is 36.4 Å². The van der Waals surface area contributed by atoms with E-state index in [1.54, 1.807) is 42.6 Å². The Bertz CT molecular complexity index is 544. The van der Waals surface area contributed by atoms with Crippen LogP contribution < -0.4 is 10.6 Å². The Morgan fingerprint density at radius 3 is 2.11 bits per heavy atom. The molecule has 0 radical (unpaired) electrons. The number of carbonyl (C=O) groups is 2. The van der Waals surface area contributed by atoms with Gasteiger partial charge in [0.05, 0.1) is 0 Å². The molecule has 2 rings (SSSR count). The van der Waals surface area contributed by atoms with Gasteiger partial charge in [-0.25, -0.2) is 0 Å². The quantitative estimate of drug-likeness (QED) is 0.773. The predicted molar refractivity (Wildman–Crippen MR) is 69.5 cm³/mol. The van der Waals surface area contributed by atoms with E-state index in [1.165, 1.54) is 6.92 Å². The maximum atomic E-state index is 11.7. The fourth-order valence-electron chi connectivity index (χ4n) is 1.51. The van der Waals surface area contributed by atoms with Gasteiger partial charge in [0.15, 0.2) is 0 Å². The van der Waals surface area contributed by atoms with Gasteiger partial charge < -0.3 is 15.6 Å².